The van der Waals surface area contributed by atoms with E-state index in [9.17, 15) is 4.79 Å². The van der Waals surface area contributed by atoms with Crippen LogP contribution in [0.15, 0.2) is 24.5 Å². The zero-order valence-electron chi connectivity index (χ0n) is 6.07. The number of hydrogen-bond donors (Lipinski definition) is 0. The Hall–Kier alpha value is -1.21. The van der Waals surface area contributed by atoms with Crippen LogP contribution in [0.3, 0.4) is 0 Å². The average Bonchev–Trinajstić information content (AvgIpc) is 2.17. The van der Waals surface area contributed by atoms with Gasteiger partial charge in [0.15, 0.2) is 10.6 Å². The fourth-order valence-corrected chi connectivity index (χ4v) is 0.978. The van der Waals surface area contributed by atoms with E-state index in [4.69, 9.17) is 5.26 Å². The van der Waals surface area contributed by atoms with Crippen LogP contribution in [-0.2, 0) is 0 Å². The van der Waals surface area contributed by atoms with E-state index < -0.39 is 4.83 Å². The van der Waals surface area contributed by atoms with Crippen molar-refractivity contribution in [1.82, 2.24) is 4.98 Å². The second-order valence-corrected chi connectivity index (χ2v) is 3.01. The Morgan fingerprint density at radius 1 is 1.75 bits per heavy atom. The van der Waals surface area contributed by atoms with Gasteiger partial charge >= 0.3 is 0 Å². The summed E-state index contributed by atoms with van der Waals surface area (Å²) in [6.07, 6.45) is 3.01. The topological polar surface area (TPSA) is 53.8 Å². The predicted molar refractivity (Wildman–Crippen MR) is 46.9 cm³/mol. The van der Waals surface area contributed by atoms with Gasteiger partial charge in [-0.15, -0.1) is 0 Å². The molecule has 0 saturated carbocycles. The molecule has 0 spiro atoms. The quantitative estimate of drug-likeness (QED) is 0.566. The molecule has 1 atom stereocenters. The Kier molecular flexibility index (Phi) is 2.94. The molecule has 1 heterocycles. The molecule has 12 heavy (non-hydrogen) atoms. The first kappa shape index (κ1) is 8.88. The van der Waals surface area contributed by atoms with Gasteiger partial charge in [0.25, 0.3) is 0 Å². The van der Waals surface area contributed by atoms with Gasteiger partial charge in [-0.3, -0.25) is 9.78 Å². The summed E-state index contributed by atoms with van der Waals surface area (Å²) in [6, 6.07) is 5.09. The van der Waals surface area contributed by atoms with Crippen molar-refractivity contribution < 1.29 is 4.79 Å². The molecule has 4 heteroatoms. The minimum atomic E-state index is -0.776. The number of aromatic nitrogens is 1. The molecule has 60 valence electrons. The first-order chi connectivity index (χ1) is 5.75. The Morgan fingerprint density at radius 3 is 3.00 bits per heavy atom. The summed E-state index contributed by atoms with van der Waals surface area (Å²) in [5.74, 6) is -0.259. The van der Waals surface area contributed by atoms with Gasteiger partial charge in [0.05, 0.1) is 6.07 Å². The summed E-state index contributed by atoms with van der Waals surface area (Å²) in [4.78, 5) is 14.3. The molecule has 0 aliphatic carbocycles. The van der Waals surface area contributed by atoms with Crippen LogP contribution in [-0.4, -0.2) is 15.6 Å². The molecule has 0 N–H and O–H groups in total. The summed E-state index contributed by atoms with van der Waals surface area (Å²) >= 11 is 2.94. The van der Waals surface area contributed by atoms with Gasteiger partial charge in [-0.05, 0) is 12.1 Å². The van der Waals surface area contributed by atoms with Crippen molar-refractivity contribution in [1.29, 1.82) is 5.26 Å². The Bertz CT molecular complexity index is 318. The van der Waals surface area contributed by atoms with Gasteiger partial charge in [0.2, 0.25) is 0 Å². The number of pyridine rings is 1. The number of hydrogen-bond acceptors (Lipinski definition) is 3. The maximum Gasteiger partial charge on any atom is 0.192 e. The summed E-state index contributed by atoms with van der Waals surface area (Å²) in [5.41, 5.74) is 0.445. The van der Waals surface area contributed by atoms with E-state index in [2.05, 4.69) is 20.9 Å². The SMILES string of the molecule is N#CC(Br)C(=O)c1cccnc1. The molecule has 1 unspecified atom stereocenters. The summed E-state index contributed by atoms with van der Waals surface area (Å²) < 4.78 is 0. The van der Waals surface area contributed by atoms with Gasteiger partial charge in [-0.2, -0.15) is 5.26 Å². The first-order valence-electron chi connectivity index (χ1n) is 3.23. The third kappa shape index (κ3) is 1.89. The highest BCUT2D eigenvalue weighted by Gasteiger charge is 2.15. The lowest BCUT2D eigenvalue weighted by atomic mass is 10.1. The zero-order chi connectivity index (χ0) is 8.97. The van der Waals surface area contributed by atoms with Gasteiger partial charge in [0, 0.05) is 18.0 Å². The number of carbonyl (C=O) groups is 1. The highest BCUT2D eigenvalue weighted by Crippen LogP contribution is 2.07. The minimum Gasteiger partial charge on any atom is -0.292 e. The van der Waals surface area contributed by atoms with Gasteiger partial charge in [0.1, 0.15) is 0 Å². The second-order valence-electron chi connectivity index (χ2n) is 2.10. The lowest BCUT2D eigenvalue weighted by Crippen LogP contribution is -2.11. The van der Waals surface area contributed by atoms with Gasteiger partial charge in [-0.25, -0.2) is 0 Å². The van der Waals surface area contributed by atoms with Crippen molar-refractivity contribution in [3.05, 3.63) is 30.1 Å². The zero-order valence-corrected chi connectivity index (χ0v) is 7.65. The van der Waals surface area contributed by atoms with Gasteiger partial charge < -0.3 is 0 Å². The van der Waals surface area contributed by atoms with Crippen LogP contribution in [0.25, 0.3) is 0 Å². The van der Waals surface area contributed by atoms with Crippen LogP contribution in [0.4, 0.5) is 0 Å². The molecule has 0 aliphatic rings. The van der Waals surface area contributed by atoms with E-state index in [0.29, 0.717) is 5.56 Å². The van der Waals surface area contributed by atoms with Crippen LogP contribution in [0, 0.1) is 11.3 Å². The lowest BCUT2D eigenvalue weighted by molar-refractivity contribution is 0.100. The summed E-state index contributed by atoms with van der Waals surface area (Å²) in [6.45, 7) is 0. The molecule has 0 bridgehead atoms. The van der Waals surface area contributed by atoms with E-state index in [1.165, 1.54) is 6.20 Å². The largest absolute Gasteiger partial charge is 0.292 e. The highest BCUT2D eigenvalue weighted by atomic mass is 79.9. The summed E-state index contributed by atoms with van der Waals surface area (Å²) in [5, 5.41) is 8.43. The lowest BCUT2D eigenvalue weighted by Gasteiger charge is -1.97. The summed E-state index contributed by atoms with van der Waals surface area (Å²) in [7, 11) is 0. The Labute approximate surface area is 78.2 Å². The molecule has 0 saturated heterocycles. The van der Waals surface area contributed by atoms with Crippen LogP contribution in [0.2, 0.25) is 0 Å². The van der Waals surface area contributed by atoms with E-state index in [-0.39, 0.29) is 5.78 Å². The molecule has 1 aromatic heterocycles. The van der Waals surface area contributed by atoms with Crippen LogP contribution in [0.1, 0.15) is 10.4 Å². The minimum absolute atomic E-state index is 0.259. The maximum absolute atomic E-state index is 11.3. The van der Waals surface area contributed by atoms with Crippen molar-refractivity contribution in [2.75, 3.05) is 0 Å². The average molecular weight is 225 g/mol. The Morgan fingerprint density at radius 2 is 2.50 bits per heavy atom. The van der Waals surface area contributed by atoms with Crippen LogP contribution < -0.4 is 0 Å². The second kappa shape index (κ2) is 3.98. The molecule has 1 aromatic rings. The standard InChI is InChI=1S/C8H5BrN2O/c9-7(4-10)8(12)6-2-1-3-11-5-6/h1-3,5,7H. The fourth-order valence-electron chi connectivity index (χ4n) is 0.713. The number of halogens is 1. The molecule has 0 radical (unpaired) electrons. The number of ketones is 1. The maximum atomic E-state index is 11.3. The van der Waals surface area contributed by atoms with Crippen molar-refractivity contribution in [3.8, 4) is 6.07 Å². The molecule has 1 rings (SSSR count). The van der Waals surface area contributed by atoms with Crippen LogP contribution >= 0.6 is 15.9 Å². The van der Waals surface area contributed by atoms with E-state index in [0.717, 1.165) is 0 Å². The number of Topliss-reactive ketones (excluding diaryl/α,β-unsaturated/α-hetero) is 1. The number of carbonyl (C=O) groups excluding carboxylic acids is 1. The van der Waals surface area contributed by atoms with E-state index in [1.54, 1.807) is 24.4 Å². The molecule has 0 amide bonds. The van der Waals surface area contributed by atoms with Crippen molar-refractivity contribution in [3.63, 3.8) is 0 Å². The molecule has 0 aliphatic heterocycles. The van der Waals surface area contributed by atoms with Crippen molar-refractivity contribution in [2.24, 2.45) is 0 Å². The number of alkyl halides is 1. The molecule has 3 nitrogen and oxygen atoms in total. The number of nitrogens with zero attached hydrogens (tertiary/aromatic N) is 2. The third-order valence-electron chi connectivity index (χ3n) is 1.29. The monoisotopic (exact) mass is 224 g/mol. The fraction of sp³-hybridized carbons (Fsp3) is 0.125. The van der Waals surface area contributed by atoms with E-state index >= 15 is 0 Å². The third-order valence-corrected chi connectivity index (χ3v) is 1.91. The number of nitriles is 1. The van der Waals surface area contributed by atoms with Crippen molar-refractivity contribution in [2.45, 2.75) is 4.83 Å². The Balaban J connectivity index is 2.88. The molecular formula is C8H5BrN2O. The van der Waals surface area contributed by atoms with E-state index in [1.807, 2.05) is 0 Å². The van der Waals surface area contributed by atoms with Crippen molar-refractivity contribution >= 4 is 21.7 Å². The smallest absolute Gasteiger partial charge is 0.192 e. The highest BCUT2D eigenvalue weighted by molar-refractivity contribution is 9.10. The van der Waals surface area contributed by atoms with Crippen LogP contribution in [0.5, 0.6) is 0 Å². The normalized spacial score (nSPS) is 11.7. The van der Waals surface area contributed by atoms with Gasteiger partial charge in [-0.1, -0.05) is 15.9 Å². The molecule has 0 fully saturated rings. The molecular weight excluding hydrogens is 220 g/mol. The number of rotatable bonds is 2. The molecule has 0 aromatic carbocycles. The predicted octanol–water partition coefficient (Wildman–Crippen LogP) is 1.55. The first-order valence-corrected chi connectivity index (χ1v) is 4.15.